The van der Waals surface area contributed by atoms with Gasteiger partial charge in [-0.05, 0) is 54.1 Å². The molecule has 0 unspecified atom stereocenters. The molecular weight excluding hydrogens is 432 g/mol. The summed E-state index contributed by atoms with van der Waals surface area (Å²) >= 11 is 1.37. The molecule has 6 rings (SSSR count). The van der Waals surface area contributed by atoms with E-state index < -0.39 is 17.9 Å². The second-order valence-corrected chi connectivity index (χ2v) is 9.92. The number of fused-ring (bicyclic) bond motifs is 5. The third-order valence-electron chi connectivity index (χ3n) is 7.09. The second-order valence-electron chi connectivity index (χ2n) is 8.98. The fraction of sp³-hybridized carbons (Fsp3) is 0.222. The van der Waals surface area contributed by atoms with E-state index in [-0.39, 0.29) is 23.6 Å². The zero-order valence-electron chi connectivity index (χ0n) is 18.3. The lowest BCUT2D eigenvalue weighted by Gasteiger charge is -2.35. The highest BCUT2D eigenvalue weighted by molar-refractivity contribution is 7.12. The zero-order valence-corrected chi connectivity index (χ0v) is 19.1. The zero-order chi connectivity index (χ0) is 22.9. The summed E-state index contributed by atoms with van der Waals surface area (Å²) in [7, 11) is 0. The molecule has 0 spiro atoms. The van der Waals surface area contributed by atoms with Gasteiger partial charge in [0.1, 0.15) is 6.04 Å². The van der Waals surface area contributed by atoms with Crippen molar-refractivity contribution in [2.45, 2.75) is 25.9 Å². The van der Waals surface area contributed by atoms with Gasteiger partial charge in [-0.25, -0.2) is 4.90 Å². The molecule has 5 nitrogen and oxygen atoms in total. The largest absolute Gasteiger partial charge is 0.358 e. The fourth-order valence-corrected chi connectivity index (χ4v) is 6.41. The van der Waals surface area contributed by atoms with Crippen molar-refractivity contribution in [2.75, 3.05) is 4.90 Å². The molecule has 0 N–H and O–H groups in total. The van der Waals surface area contributed by atoms with Crippen molar-refractivity contribution in [3.05, 3.63) is 93.3 Å². The third-order valence-corrected chi connectivity index (χ3v) is 7.97. The number of hydrogen-bond acceptors (Lipinski definition) is 5. The first kappa shape index (κ1) is 20.1. The van der Waals surface area contributed by atoms with E-state index in [1.165, 1.54) is 16.2 Å². The van der Waals surface area contributed by atoms with Crippen LogP contribution in [0.25, 0.3) is 6.08 Å². The molecule has 0 aliphatic carbocycles. The van der Waals surface area contributed by atoms with Crippen molar-refractivity contribution in [1.29, 1.82) is 0 Å². The normalized spacial score (nSPS) is 25.3. The van der Waals surface area contributed by atoms with E-state index in [0.29, 0.717) is 10.6 Å². The molecule has 0 radical (unpaired) electrons. The Balaban J connectivity index is 1.51. The predicted octanol–water partition coefficient (Wildman–Crippen LogP) is 4.76. The lowest BCUT2D eigenvalue weighted by atomic mass is 9.84. The molecule has 0 saturated carbocycles. The average Bonchev–Trinajstić information content (AvgIpc) is 3.51. The number of carbonyl (C=O) groups is 3. The maximum absolute atomic E-state index is 13.9. The van der Waals surface area contributed by atoms with Crippen LogP contribution in [0.1, 0.15) is 38.0 Å². The molecule has 2 saturated heterocycles. The molecule has 1 aromatic heterocycles. The van der Waals surface area contributed by atoms with Gasteiger partial charge in [-0.1, -0.05) is 48.0 Å². The van der Waals surface area contributed by atoms with Gasteiger partial charge in [-0.15, -0.1) is 11.3 Å². The Morgan fingerprint density at radius 2 is 1.73 bits per heavy atom. The van der Waals surface area contributed by atoms with Crippen molar-refractivity contribution < 1.29 is 14.4 Å². The Hall–Kier alpha value is -3.51. The summed E-state index contributed by atoms with van der Waals surface area (Å²) in [5.41, 5.74) is 4.56. The van der Waals surface area contributed by atoms with E-state index in [0.717, 1.165) is 22.3 Å². The molecule has 4 heterocycles. The summed E-state index contributed by atoms with van der Waals surface area (Å²) in [6.07, 6.45) is 3.86. The van der Waals surface area contributed by atoms with Crippen molar-refractivity contribution in [3.8, 4) is 0 Å². The van der Waals surface area contributed by atoms with Crippen molar-refractivity contribution in [1.82, 2.24) is 4.90 Å². The quantitative estimate of drug-likeness (QED) is 0.423. The Labute approximate surface area is 195 Å². The van der Waals surface area contributed by atoms with Gasteiger partial charge in [0.05, 0.1) is 28.4 Å². The van der Waals surface area contributed by atoms with E-state index >= 15 is 0 Å². The van der Waals surface area contributed by atoms with Crippen LogP contribution in [-0.4, -0.2) is 28.5 Å². The summed E-state index contributed by atoms with van der Waals surface area (Å²) in [6.45, 7) is 3.90. The van der Waals surface area contributed by atoms with Gasteiger partial charge in [-0.2, -0.15) is 0 Å². The molecule has 3 aromatic rings. The predicted molar refractivity (Wildman–Crippen MR) is 128 cm³/mol. The molecule has 3 aliphatic rings. The molecule has 0 bridgehead atoms. The monoisotopic (exact) mass is 454 g/mol. The van der Waals surface area contributed by atoms with Gasteiger partial charge < -0.3 is 4.90 Å². The van der Waals surface area contributed by atoms with Gasteiger partial charge in [0.2, 0.25) is 11.8 Å². The van der Waals surface area contributed by atoms with Crippen LogP contribution in [0, 0.1) is 25.7 Å². The minimum absolute atomic E-state index is 0.102. The lowest BCUT2D eigenvalue weighted by Crippen LogP contribution is -2.44. The van der Waals surface area contributed by atoms with E-state index in [2.05, 4.69) is 0 Å². The topological polar surface area (TPSA) is 57.7 Å². The van der Waals surface area contributed by atoms with Gasteiger partial charge in [-0.3, -0.25) is 14.4 Å². The summed E-state index contributed by atoms with van der Waals surface area (Å²) in [4.78, 5) is 45.3. The molecule has 6 heteroatoms. The van der Waals surface area contributed by atoms with Gasteiger partial charge >= 0.3 is 0 Å². The van der Waals surface area contributed by atoms with Crippen molar-refractivity contribution >= 4 is 40.7 Å². The molecule has 4 atom stereocenters. The number of benzene rings is 2. The fourth-order valence-electron chi connectivity index (χ4n) is 5.72. The number of amides is 2. The average molecular weight is 455 g/mol. The van der Waals surface area contributed by atoms with Crippen molar-refractivity contribution in [2.24, 2.45) is 11.8 Å². The summed E-state index contributed by atoms with van der Waals surface area (Å²) in [5, 5.41) is 1.86. The number of ketones is 1. The number of imide groups is 1. The van der Waals surface area contributed by atoms with Crippen molar-refractivity contribution in [3.63, 3.8) is 0 Å². The molecule has 2 fully saturated rings. The third kappa shape index (κ3) is 2.80. The molecule has 3 aliphatic heterocycles. The number of Topliss-reactive ketones (excluding diaryl/α,β-unsaturated/α-hetero) is 1. The van der Waals surface area contributed by atoms with Crippen LogP contribution in [0.2, 0.25) is 0 Å². The van der Waals surface area contributed by atoms with Crippen LogP contribution in [0.3, 0.4) is 0 Å². The Morgan fingerprint density at radius 1 is 0.939 bits per heavy atom. The smallest absolute Gasteiger partial charge is 0.240 e. The van der Waals surface area contributed by atoms with Gasteiger partial charge in [0.15, 0.2) is 5.78 Å². The maximum atomic E-state index is 13.9. The highest BCUT2D eigenvalue weighted by Crippen LogP contribution is 2.54. The van der Waals surface area contributed by atoms with E-state index in [1.807, 2.05) is 84.9 Å². The van der Waals surface area contributed by atoms with E-state index in [4.69, 9.17) is 0 Å². The summed E-state index contributed by atoms with van der Waals surface area (Å²) in [6, 6.07) is 16.2. The SMILES string of the molecule is Cc1ccc(N2C(=O)[C@@H]3[C@H](C2=O)[C@H]2c4ccccc4C=CN2[C@@H]3C(=O)c2cccs2)c(C)c1. The molecule has 2 aromatic carbocycles. The molecule has 164 valence electrons. The first-order valence-electron chi connectivity index (χ1n) is 11.0. The highest BCUT2D eigenvalue weighted by atomic mass is 32.1. The first-order valence-corrected chi connectivity index (χ1v) is 11.9. The Bertz CT molecular complexity index is 1340. The number of rotatable bonds is 3. The number of anilines is 1. The van der Waals surface area contributed by atoms with E-state index in [1.54, 1.807) is 6.07 Å². The van der Waals surface area contributed by atoms with Gasteiger partial charge in [0, 0.05) is 6.20 Å². The number of thiophene rings is 1. The van der Waals surface area contributed by atoms with Crippen LogP contribution < -0.4 is 4.90 Å². The number of aryl methyl sites for hydroxylation is 2. The summed E-state index contributed by atoms with van der Waals surface area (Å²) in [5.74, 6) is -1.95. The maximum Gasteiger partial charge on any atom is 0.240 e. The number of carbonyl (C=O) groups excluding carboxylic acids is 3. The standard InChI is InChI=1S/C27H22N2O3S/c1-15-9-10-19(16(2)14-15)29-26(31)21-22(27(29)32)24(25(30)20-8-5-13-33-20)28-12-11-17-6-3-4-7-18(17)23(21)28/h3-14,21-24H,1-2H3/t21-,22+,23+,24-/m0/s1. The van der Waals surface area contributed by atoms with Crippen LogP contribution >= 0.6 is 11.3 Å². The second kappa shape index (κ2) is 7.25. The minimum atomic E-state index is -0.728. The van der Waals surface area contributed by atoms with Crippen LogP contribution in [0.4, 0.5) is 5.69 Å². The van der Waals surface area contributed by atoms with Gasteiger partial charge in [0.25, 0.3) is 0 Å². The van der Waals surface area contributed by atoms with Crippen LogP contribution in [0.5, 0.6) is 0 Å². The first-order chi connectivity index (χ1) is 16.0. The lowest BCUT2D eigenvalue weighted by molar-refractivity contribution is -0.123. The minimum Gasteiger partial charge on any atom is -0.358 e. The van der Waals surface area contributed by atoms with Crippen LogP contribution in [0.15, 0.2) is 66.2 Å². The molecule has 33 heavy (non-hydrogen) atoms. The van der Waals surface area contributed by atoms with Crippen LogP contribution in [-0.2, 0) is 9.59 Å². The Morgan fingerprint density at radius 3 is 2.48 bits per heavy atom. The molecular formula is C27H22N2O3S. The number of hydrogen-bond donors (Lipinski definition) is 0. The number of nitrogens with zero attached hydrogens (tertiary/aromatic N) is 2. The van der Waals surface area contributed by atoms with E-state index in [9.17, 15) is 14.4 Å². The molecule has 2 amide bonds. The highest BCUT2D eigenvalue weighted by Gasteiger charge is 2.64. The summed E-state index contributed by atoms with van der Waals surface area (Å²) < 4.78 is 0. The Kier molecular flexibility index (Phi) is 4.42.